The molecule has 31 heavy (non-hydrogen) atoms. The topological polar surface area (TPSA) is 62.7 Å². The van der Waals surface area contributed by atoms with Crippen LogP contribution in [0, 0.1) is 5.82 Å². The summed E-state index contributed by atoms with van der Waals surface area (Å²) < 4.78 is 20.6. The van der Waals surface area contributed by atoms with E-state index in [-0.39, 0.29) is 5.82 Å². The Hall–Kier alpha value is -2.78. The number of aryl methyl sites for hydroxylation is 1. The van der Waals surface area contributed by atoms with E-state index in [2.05, 4.69) is 19.9 Å². The largest absolute Gasteiger partial charge is 0.361 e. The highest BCUT2D eigenvalue weighted by Gasteiger charge is 2.25. The quantitative estimate of drug-likeness (QED) is 0.483. The fraction of sp³-hybridized carbons (Fsp3) is 0.409. The third kappa shape index (κ3) is 3.61. The van der Waals surface area contributed by atoms with Crippen LogP contribution in [0.1, 0.15) is 29.9 Å². The number of rotatable bonds is 4. The lowest BCUT2D eigenvalue weighted by Crippen LogP contribution is -2.46. The Morgan fingerprint density at radius 2 is 1.84 bits per heavy atom. The van der Waals surface area contributed by atoms with E-state index < -0.39 is 0 Å². The van der Waals surface area contributed by atoms with E-state index in [9.17, 15) is 4.39 Å². The van der Waals surface area contributed by atoms with Crippen molar-refractivity contribution in [2.45, 2.75) is 32.2 Å². The van der Waals surface area contributed by atoms with Crippen LogP contribution in [-0.4, -0.2) is 50.8 Å². The molecule has 0 atom stereocenters. The molecule has 7 nitrogen and oxygen atoms in total. The maximum atomic E-state index is 13.2. The number of hydrogen-bond donors (Lipinski definition) is 0. The van der Waals surface area contributed by atoms with Crippen molar-refractivity contribution in [3.8, 4) is 11.3 Å². The summed E-state index contributed by atoms with van der Waals surface area (Å²) in [5, 5.41) is 10.1. The summed E-state index contributed by atoms with van der Waals surface area (Å²) in [6.07, 6.45) is 6.50. The van der Waals surface area contributed by atoms with Crippen molar-refractivity contribution in [1.29, 1.82) is 0 Å². The fourth-order valence-electron chi connectivity index (χ4n) is 4.46. The van der Waals surface area contributed by atoms with E-state index in [1.807, 2.05) is 10.7 Å². The molecule has 4 aromatic rings. The normalized spacial score (nSPS) is 17.4. The Morgan fingerprint density at radius 3 is 2.65 bits per heavy atom. The van der Waals surface area contributed by atoms with Gasteiger partial charge in [-0.05, 0) is 43.5 Å². The first-order chi connectivity index (χ1) is 15.2. The maximum Gasteiger partial charge on any atom is 0.214 e. The summed E-state index contributed by atoms with van der Waals surface area (Å²) in [5.41, 5.74) is 4.19. The number of anilines is 1. The van der Waals surface area contributed by atoms with Gasteiger partial charge in [-0.1, -0.05) is 16.5 Å². The maximum absolute atomic E-state index is 13.2. The second-order valence-corrected chi connectivity index (χ2v) is 9.18. The molecular weight excluding hydrogens is 415 g/mol. The molecule has 160 valence electrons. The van der Waals surface area contributed by atoms with Crippen molar-refractivity contribution in [2.24, 2.45) is 0 Å². The van der Waals surface area contributed by atoms with Crippen molar-refractivity contribution >= 4 is 21.4 Å². The monoisotopic (exact) mass is 438 g/mol. The molecule has 4 heterocycles. The van der Waals surface area contributed by atoms with Crippen molar-refractivity contribution in [1.82, 2.24) is 24.7 Å². The zero-order valence-corrected chi connectivity index (χ0v) is 17.9. The second kappa shape index (κ2) is 7.72. The minimum absolute atomic E-state index is 0.243. The molecule has 2 aliphatic rings. The first-order valence-electron chi connectivity index (χ1n) is 10.8. The molecule has 0 amide bonds. The molecular formula is C22H23FN6OS. The Balaban J connectivity index is 1.11. The van der Waals surface area contributed by atoms with Crippen molar-refractivity contribution in [2.75, 3.05) is 31.1 Å². The van der Waals surface area contributed by atoms with Crippen molar-refractivity contribution < 1.29 is 8.91 Å². The Morgan fingerprint density at radius 1 is 1.03 bits per heavy atom. The standard InChI is InChI=1S/C22H23FN6OS/c23-16-7-5-15(6-8-16)18-14-29-21(24-18)31-22(25-29)28-11-9-27(10-12-28)13-19-17-3-1-2-4-20(17)30-26-19/h5-8,14H,1-4,9-13H2. The molecule has 1 saturated heterocycles. The van der Waals surface area contributed by atoms with Gasteiger partial charge in [-0.2, -0.15) is 0 Å². The first-order valence-corrected chi connectivity index (χ1v) is 11.6. The molecule has 0 saturated carbocycles. The van der Waals surface area contributed by atoms with Gasteiger partial charge in [0.2, 0.25) is 10.1 Å². The van der Waals surface area contributed by atoms with Gasteiger partial charge in [0, 0.05) is 50.3 Å². The van der Waals surface area contributed by atoms with Crippen LogP contribution in [0.25, 0.3) is 16.2 Å². The Bertz CT molecular complexity index is 1170. The number of halogens is 1. The lowest BCUT2D eigenvalue weighted by molar-refractivity contribution is 0.241. The molecule has 0 unspecified atom stereocenters. The third-order valence-corrected chi connectivity index (χ3v) is 7.20. The van der Waals surface area contributed by atoms with Gasteiger partial charge in [-0.15, -0.1) is 5.10 Å². The van der Waals surface area contributed by atoms with Gasteiger partial charge in [0.25, 0.3) is 0 Å². The predicted molar refractivity (Wildman–Crippen MR) is 117 cm³/mol. The van der Waals surface area contributed by atoms with Gasteiger partial charge in [0.15, 0.2) is 0 Å². The van der Waals surface area contributed by atoms with Crippen LogP contribution in [0.4, 0.5) is 9.52 Å². The molecule has 1 aliphatic heterocycles. The van der Waals surface area contributed by atoms with E-state index in [4.69, 9.17) is 9.62 Å². The van der Waals surface area contributed by atoms with E-state index >= 15 is 0 Å². The van der Waals surface area contributed by atoms with E-state index in [1.54, 1.807) is 23.5 Å². The third-order valence-electron chi connectivity index (χ3n) is 6.22. The number of hydrogen-bond acceptors (Lipinski definition) is 7. The first kappa shape index (κ1) is 18.9. The molecule has 0 spiro atoms. The van der Waals surface area contributed by atoms with Crippen LogP contribution >= 0.6 is 11.3 Å². The molecule has 0 bridgehead atoms. The lowest BCUT2D eigenvalue weighted by atomic mass is 9.96. The number of benzene rings is 1. The lowest BCUT2D eigenvalue weighted by Gasteiger charge is -2.34. The molecule has 0 N–H and O–H groups in total. The number of nitrogens with zero attached hydrogens (tertiary/aromatic N) is 6. The SMILES string of the molecule is Fc1ccc(-c2cn3nc(N4CCN(Cc5noc6c5CCCC6)CC4)sc3n2)cc1. The molecule has 0 radical (unpaired) electrons. The summed E-state index contributed by atoms with van der Waals surface area (Å²) in [6, 6.07) is 6.40. The summed E-state index contributed by atoms with van der Waals surface area (Å²) in [5.74, 6) is 0.860. The zero-order valence-electron chi connectivity index (χ0n) is 17.1. The average molecular weight is 439 g/mol. The summed E-state index contributed by atoms with van der Waals surface area (Å²) in [6.45, 7) is 4.69. The minimum Gasteiger partial charge on any atom is -0.361 e. The number of piperazine rings is 1. The molecule has 1 fully saturated rings. The van der Waals surface area contributed by atoms with Gasteiger partial charge in [-0.25, -0.2) is 13.9 Å². The van der Waals surface area contributed by atoms with Crippen LogP contribution in [-0.2, 0) is 19.4 Å². The Kier molecular flexibility index (Phi) is 4.72. The van der Waals surface area contributed by atoms with Crippen LogP contribution in [0.2, 0.25) is 0 Å². The summed E-state index contributed by atoms with van der Waals surface area (Å²) in [7, 11) is 0. The highest BCUT2D eigenvalue weighted by Crippen LogP contribution is 2.29. The smallest absolute Gasteiger partial charge is 0.214 e. The second-order valence-electron chi connectivity index (χ2n) is 8.25. The molecule has 3 aromatic heterocycles. The predicted octanol–water partition coefficient (Wildman–Crippen LogP) is 3.79. The zero-order chi connectivity index (χ0) is 20.8. The summed E-state index contributed by atoms with van der Waals surface area (Å²) >= 11 is 1.59. The number of aromatic nitrogens is 4. The van der Waals surface area contributed by atoms with Crippen LogP contribution in [0.3, 0.4) is 0 Å². The fourth-order valence-corrected chi connectivity index (χ4v) is 5.39. The van der Waals surface area contributed by atoms with Crippen molar-refractivity contribution in [3.05, 3.63) is 53.3 Å². The number of fused-ring (bicyclic) bond motifs is 2. The van der Waals surface area contributed by atoms with Crippen molar-refractivity contribution in [3.63, 3.8) is 0 Å². The van der Waals surface area contributed by atoms with Gasteiger partial charge in [0.05, 0.1) is 11.9 Å². The van der Waals surface area contributed by atoms with Gasteiger partial charge >= 0.3 is 0 Å². The molecule has 1 aromatic carbocycles. The van der Waals surface area contributed by atoms with Crippen LogP contribution in [0.15, 0.2) is 35.0 Å². The van der Waals surface area contributed by atoms with E-state index in [0.29, 0.717) is 0 Å². The van der Waals surface area contributed by atoms with E-state index in [1.165, 1.54) is 30.5 Å². The highest BCUT2D eigenvalue weighted by atomic mass is 32.1. The van der Waals surface area contributed by atoms with E-state index in [0.717, 1.165) is 78.4 Å². The molecule has 1 aliphatic carbocycles. The number of imidazole rings is 1. The average Bonchev–Trinajstić information content (AvgIpc) is 3.49. The summed E-state index contributed by atoms with van der Waals surface area (Å²) in [4.78, 5) is 10.3. The van der Waals surface area contributed by atoms with Gasteiger partial charge < -0.3 is 9.42 Å². The van der Waals surface area contributed by atoms with Crippen LogP contribution in [0.5, 0.6) is 0 Å². The Labute approximate surface area is 183 Å². The van der Waals surface area contributed by atoms with Crippen LogP contribution < -0.4 is 4.90 Å². The molecule has 9 heteroatoms. The molecule has 6 rings (SSSR count). The minimum atomic E-state index is -0.243. The highest BCUT2D eigenvalue weighted by molar-refractivity contribution is 7.20. The van der Waals surface area contributed by atoms with Gasteiger partial charge in [-0.3, -0.25) is 4.90 Å². The van der Waals surface area contributed by atoms with Gasteiger partial charge in [0.1, 0.15) is 17.3 Å².